The van der Waals surface area contributed by atoms with E-state index in [4.69, 9.17) is 0 Å². The maximum Gasteiger partial charge on any atom is 0.762 e. The molecule has 0 radical (unpaired) electrons. The van der Waals surface area contributed by atoms with Gasteiger partial charge in [0.05, 0.1) is 21.1 Å². The lowest BCUT2D eigenvalue weighted by molar-refractivity contribution is -0.836. The summed E-state index contributed by atoms with van der Waals surface area (Å²) in [6.07, 6.45) is 0. The normalized spacial score (nSPS) is 7.00. The number of halogens is 4. The summed E-state index contributed by atoms with van der Waals surface area (Å²) in [5.74, 6) is 0. The molecule has 1 nitrogen and oxygen atoms in total. The zero-order chi connectivity index (χ0) is 7.15. The van der Waals surface area contributed by atoms with E-state index in [1.807, 2.05) is 0 Å². The Morgan fingerprint density at radius 2 is 1.00 bits per heavy atom. The summed E-state index contributed by atoms with van der Waals surface area (Å²) in [5.41, 5.74) is 0. The smallest absolute Gasteiger partial charge is 0.762 e. The number of quaternary nitrogens is 1. The third-order valence-electron chi connectivity index (χ3n) is 0. The van der Waals surface area contributed by atoms with Gasteiger partial charge in [-0.15, -0.1) is 0 Å². The summed E-state index contributed by atoms with van der Waals surface area (Å²) >= 11 is 0. The summed E-state index contributed by atoms with van der Waals surface area (Å²) in [4.78, 5) is 1.42. The fourth-order valence-corrected chi connectivity index (χ4v) is 0. The van der Waals surface area contributed by atoms with Crippen molar-refractivity contribution < 1.29 is 22.6 Å². The van der Waals surface area contributed by atoms with E-state index in [0.29, 0.717) is 0 Å². The second kappa shape index (κ2) is 10.7. The number of hydrogen-bond donors (Lipinski definition) is 1. The first-order valence-corrected chi connectivity index (χ1v) is 2.15. The first-order valence-electron chi connectivity index (χ1n) is 2.15. The predicted molar refractivity (Wildman–Crippen MR) is 27.8 cm³/mol. The summed E-state index contributed by atoms with van der Waals surface area (Å²) in [5, 5.41) is 0. The molecule has 0 saturated heterocycles. The molecule has 0 unspecified atom stereocenters. The van der Waals surface area contributed by atoms with Crippen LogP contribution in [-0.4, -0.2) is 28.7 Å². The molecule has 0 bridgehead atoms. The van der Waals surface area contributed by atoms with Crippen LogP contribution in [0.15, 0.2) is 0 Å². The molecule has 0 aliphatic heterocycles. The van der Waals surface area contributed by atoms with Crippen LogP contribution < -0.4 is 9.60 Å². The van der Waals surface area contributed by atoms with E-state index in [2.05, 4.69) is 21.1 Å². The number of nitrogens with one attached hydrogen (secondary N) is 1. The van der Waals surface area contributed by atoms with Crippen molar-refractivity contribution in [2.45, 2.75) is 0 Å². The van der Waals surface area contributed by atoms with Crippen molar-refractivity contribution >= 4 is 7.54 Å². The van der Waals surface area contributed by atoms with Crippen LogP contribution in [0.1, 0.15) is 0 Å². The highest BCUT2D eigenvalue weighted by atomic mass is 19.4. The minimum atomic E-state index is -3.67. The Labute approximate surface area is 52.4 Å². The minimum Gasteiger partial charge on any atom is -1.00 e. The predicted octanol–water partition coefficient (Wildman–Crippen LogP) is -3.36. The molecule has 0 amide bonds. The second-order valence-electron chi connectivity index (χ2n) is 1.75. The van der Waals surface area contributed by atoms with Crippen LogP contribution in [0.25, 0.3) is 0 Å². The fourth-order valence-electron chi connectivity index (χ4n) is 0. The van der Waals surface area contributed by atoms with E-state index >= 15 is 0 Å². The molecular weight excluding hydrogens is 137 g/mol. The standard InChI is InChI=1S/C3H9N.BF3.FH/c1-4(2)3;2-1(3)4;/h1-3H3;;1H. The molecule has 0 spiro atoms. The molecule has 0 heterocycles. The summed E-state index contributed by atoms with van der Waals surface area (Å²) < 4.78 is 29.0. The van der Waals surface area contributed by atoms with Crippen LogP contribution in [0, 0.1) is 0 Å². The lowest BCUT2D eigenvalue weighted by Crippen LogP contribution is -3.02. The summed E-state index contributed by atoms with van der Waals surface area (Å²) in [6.45, 7) is 0. The third kappa shape index (κ3) is 3930. The molecule has 6 heteroatoms. The highest BCUT2D eigenvalue weighted by Crippen LogP contribution is 1.80. The van der Waals surface area contributed by atoms with Crippen LogP contribution in [0.5, 0.6) is 0 Å². The zero-order valence-electron chi connectivity index (χ0n) is 5.59. The summed E-state index contributed by atoms with van der Waals surface area (Å²) in [6, 6.07) is 0. The fraction of sp³-hybridized carbons (Fsp3) is 1.00. The van der Waals surface area contributed by atoms with Crippen molar-refractivity contribution in [3.05, 3.63) is 0 Å². The topological polar surface area (TPSA) is 4.44 Å². The Bertz CT molecular complexity index is 31.3. The molecule has 0 aromatic carbocycles. The maximum absolute atomic E-state index is 9.67. The van der Waals surface area contributed by atoms with Crippen LogP contribution in [0.2, 0.25) is 0 Å². The summed E-state index contributed by atoms with van der Waals surface area (Å²) in [7, 11) is 2.58. The van der Waals surface area contributed by atoms with Crippen molar-refractivity contribution in [2.24, 2.45) is 0 Å². The Hall–Kier alpha value is -0.255. The average Bonchev–Trinajstić information content (AvgIpc) is 1.25. The quantitative estimate of drug-likeness (QED) is 0.269. The minimum absolute atomic E-state index is 0. The van der Waals surface area contributed by atoms with Crippen LogP contribution >= 0.6 is 0 Å². The molecule has 58 valence electrons. The molecule has 0 aliphatic carbocycles. The Balaban J connectivity index is -0.0000000720. The van der Waals surface area contributed by atoms with Gasteiger partial charge in [0.2, 0.25) is 0 Å². The Kier molecular flexibility index (Phi) is 18.9. The molecular formula is C3H10BF4N. The van der Waals surface area contributed by atoms with Gasteiger partial charge >= 0.3 is 7.54 Å². The van der Waals surface area contributed by atoms with E-state index in [9.17, 15) is 12.9 Å². The molecule has 0 atom stereocenters. The van der Waals surface area contributed by atoms with Gasteiger partial charge in [-0.25, -0.2) is 0 Å². The Morgan fingerprint density at radius 3 is 1.00 bits per heavy atom. The molecule has 1 N–H and O–H groups in total. The highest BCUT2D eigenvalue weighted by Gasteiger charge is 2.06. The molecule has 0 rings (SSSR count). The third-order valence-corrected chi connectivity index (χ3v) is 0. The average molecular weight is 147 g/mol. The first kappa shape index (κ1) is 15.9. The van der Waals surface area contributed by atoms with E-state index < -0.39 is 7.54 Å². The Morgan fingerprint density at radius 1 is 1.00 bits per heavy atom. The number of rotatable bonds is 0. The van der Waals surface area contributed by atoms with E-state index in [1.165, 1.54) is 4.90 Å². The number of hydrogen-bond acceptors (Lipinski definition) is 0. The molecule has 0 aromatic rings. The van der Waals surface area contributed by atoms with Gasteiger partial charge in [-0.3, -0.25) is 12.9 Å². The lowest BCUT2D eigenvalue weighted by atomic mass is 10.5. The maximum atomic E-state index is 9.67. The molecule has 0 fully saturated rings. The molecule has 0 aliphatic rings. The molecule has 0 aromatic heterocycles. The largest absolute Gasteiger partial charge is 1.00 e. The van der Waals surface area contributed by atoms with Crippen LogP contribution in [-0.2, 0) is 0 Å². The van der Waals surface area contributed by atoms with Crippen molar-refractivity contribution in [1.82, 2.24) is 0 Å². The van der Waals surface area contributed by atoms with Crippen molar-refractivity contribution in [3.8, 4) is 0 Å². The van der Waals surface area contributed by atoms with E-state index in [1.54, 1.807) is 0 Å². The van der Waals surface area contributed by atoms with E-state index in [0.717, 1.165) is 0 Å². The van der Waals surface area contributed by atoms with Gasteiger partial charge in [-0.05, 0) is 0 Å². The zero-order valence-corrected chi connectivity index (χ0v) is 5.59. The van der Waals surface area contributed by atoms with Gasteiger partial charge in [0.1, 0.15) is 0 Å². The van der Waals surface area contributed by atoms with Gasteiger partial charge in [0.15, 0.2) is 0 Å². The van der Waals surface area contributed by atoms with Gasteiger partial charge in [0, 0.05) is 0 Å². The van der Waals surface area contributed by atoms with Gasteiger partial charge < -0.3 is 9.60 Å². The molecule has 0 saturated carbocycles. The first-order chi connectivity index (χ1) is 3.46. The van der Waals surface area contributed by atoms with Crippen molar-refractivity contribution in [1.29, 1.82) is 0 Å². The SMILES string of the molecule is C[NH+](C)C.FB(F)F.[F-]. The van der Waals surface area contributed by atoms with Crippen LogP contribution in [0.3, 0.4) is 0 Å². The van der Waals surface area contributed by atoms with Crippen LogP contribution in [0.4, 0.5) is 12.9 Å². The lowest BCUT2D eigenvalue weighted by Gasteiger charge is -1.88. The van der Waals surface area contributed by atoms with Gasteiger partial charge in [0.25, 0.3) is 0 Å². The second-order valence-corrected chi connectivity index (χ2v) is 1.75. The highest BCUT2D eigenvalue weighted by molar-refractivity contribution is 6.33. The van der Waals surface area contributed by atoms with Gasteiger partial charge in [-0.2, -0.15) is 0 Å². The molecule has 9 heavy (non-hydrogen) atoms. The monoisotopic (exact) mass is 147 g/mol. The van der Waals surface area contributed by atoms with E-state index in [-0.39, 0.29) is 4.70 Å². The van der Waals surface area contributed by atoms with Gasteiger partial charge in [-0.1, -0.05) is 0 Å². The van der Waals surface area contributed by atoms with Crippen molar-refractivity contribution in [3.63, 3.8) is 0 Å². The van der Waals surface area contributed by atoms with Crippen molar-refractivity contribution in [2.75, 3.05) is 21.1 Å².